The summed E-state index contributed by atoms with van der Waals surface area (Å²) in [6, 6.07) is 14.2. The molecule has 190 valence electrons. The van der Waals surface area contributed by atoms with Crippen LogP contribution >= 0.6 is 31.9 Å². The molecule has 37 heavy (non-hydrogen) atoms. The van der Waals surface area contributed by atoms with Crippen LogP contribution in [0, 0.1) is 13.8 Å². The zero-order valence-corrected chi connectivity index (χ0v) is 23.1. The van der Waals surface area contributed by atoms with Crippen LogP contribution in [0.2, 0.25) is 0 Å². The van der Waals surface area contributed by atoms with Crippen molar-refractivity contribution in [2.75, 3.05) is 6.61 Å². The molecule has 0 radical (unpaired) electrons. The standard InChI is InChI=1S/C26H22Br2N4O5/c1-14-3-7-16(8-4-14)24(33)35-12-19-18(37-25(34)17-9-5-15(2)6-10-17)11-20(36-19)32-13-29-21-22(27)30-26(28)31-23(21)32/h3-10,13,18-20H,11-12H2,1-2H3/t18-,19+,20-/m0/s1. The third kappa shape index (κ3) is 5.58. The van der Waals surface area contributed by atoms with Gasteiger partial charge in [-0.3, -0.25) is 4.57 Å². The zero-order chi connectivity index (χ0) is 26.1. The summed E-state index contributed by atoms with van der Waals surface area (Å²) in [6.07, 6.45) is -0.0103. The Labute approximate surface area is 229 Å². The van der Waals surface area contributed by atoms with Crippen LogP contribution in [0.25, 0.3) is 11.2 Å². The van der Waals surface area contributed by atoms with Crippen LogP contribution in [0.5, 0.6) is 0 Å². The Kier molecular flexibility index (Phi) is 7.36. The molecule has 0 unspecified atom stereocenters. The Morgan fingerprint density at radius 2 is 1.59 bits per heavy atom. The van der Waals surface area contributed by atoms with E-state index in [1.807, 2.05) is 38.1 Å². The van der Waals surface area contributed by atoms with Crippen molar-refractivity contribution >= 4 is 55.0 Å². The fourth-order valence-corrected chi connectivity index (χ4v) is 5.07. The van der Waals surface area contributed by atoms with E-state index in [0.29, 0.717) is 38.0 Å². The number of fused-ring (bicyclic) bond motifs is 1. The molecular weight excluding hydrogens is 608 g/mol. The molecule has 9 nitrogen and oxygen atoms in total. The van der Waals surface area contributed by atoms with Crippen LogP contribution in [-0.4, -0.2) is 50.3 Å². The highest BCUT2D eigenvalue weighted by Gasteiger charge is 2.40. The highest BCUT2D eigenvalue weighted by Crippen LogP contribution is 2.34. The lowest BCUT2D eigenvalue weighted by Gasteiger charge is -2.19. The lowest BCUT2D eigenvalue weighted by molar-refractivity contribution is -0.0563. The normalized spacial score (nSPS) is 19.2. The van der Waals surface area contributed by atoms with E-state index in [4.69, 9.17) is 14.2 Å². The smallest absolute Gasteiger partial charge is 0.338 e. The largest absolute Gasteiger partial charge is 0.459 e. The van der Waals surface area contributed by atoms with Crippen LogP contribution < -0.4 is 0 Å². The number of aromatic nitrogens is 4. The third-order valence-corrected chi connectivity index (χ3v) is 6.96. The minimum atomic E-state index is -0.694. The van der Waals surface area contributed by atoms with Crippen molar-refractivity contribution < 1.29 is 23.8 Å². The molecule has 1 fully saturated rings. The summed E-state index contributed by atoms with van der Waals surface area (Å²) < 4.78 is 20.3. The monoisotopic (exact) mass is 628 g/mol. The molecule has 0 spiro atoms. The quantitative estimate of drug-likeness (QED) is 0.160. The maximum atomic E-state index is 12.9. The minimum Gasteiger partial charge on any atom is -0.459 e. The molecule has 0 N–H and O–H groups in total. The fraction of sp³-hybridized carbons (Fsp3) is 0.269. The Morgan fingerprint density at radius 1 is 0.973 bits per heavy atom. The molecule has 0 amide bonds. The first-order valence-electron chi connectivity index (χ1n) is 11.5. The van der Waals surface area contributed by atoms with Gasteiger partial charge in [0, 0.05) is 6.42 Å². The van der Waals surface area contributed by atoms with E-state index in [1.54, 1.807) is 35.2 Å². The molecule has 3 atom stereocenters. The molecule has 0 aliphatic carbocycles. The van der Waals surface area contributed by atoms with Gasteiger partial charge in [-0.25, -0.2) is 24.5 Å². The molecule has 0 bridgehead atoms. The summed E-state index contributed by atoms with van der Waals surface area (Å²) in [4.78, 5) is 38.6. The highest BCUT2D eigenvalue weighted by atomic mass is 79.9. The lowest BCUT2D eigenvalue weighted by Crippen LogP contribution is -2.32. The second-order valence-electron chi connectivity index (χ2n) is 8.75. The van der Waals surface area contributed by atoms with E-state index in [9.17, 15) is 9.59 Å². The van der Waals surface area contributed by atoms with Crippen LogP contribution in [0.1, 0.15) is 44.5 Å². The molecule has 1 saturated heterocycles. The number of halogens is 2. The van der Waals surface area contributed by atoms with E-state index in [2.05, 4.69) is 46.8 Å². The Hall–Kier alpha value is -3.15. The summed E-state index contributed by atoms with van der Waals surface area (Å²) >= 11 is 6.70. The van der Waals surface area contributed by atoms with Crippen molar-refractivity contribution in [1.82, 2.24) is 19.5 Å². The molecule has 3 heterocycles. The van der Waals surface area contributed by atoms with Crippen LogP contribution in [0.4, 0.5) is 0 Å². The zero-order valence-electron chi connectivity index (χ0n) is 19.9. The van der Waals surface area contributed by atoms with Gasteiger partial charge in [0.2, 0.25) is 0 Å². The van der Waals surface area contributed by atoms with Crippen LogP contribution in [0.3, 0.4) is 0 Å². The van der Waals surface area contributed by atoms with E-state index in [-0.39, 0.29) is 6.61 Å². The van der Waals surface area contributed by atoms with E-state index >= 15 is 0 Å². The van der Waals surface area contributed by atoms with Gasteiger partial charge in [-0.1, -0.05) is 35.4 Å². The number of carbonyl (C=O) groups is 2. The fourth-order valence-electron chi connectivity index (χ4n) is 4.04. The van der Waals surface area contributed by atoms with Crippen molar-refractivity contribution in [3.63, 3.8) is 0 Å². The second kappa shape index (κ2) is 10.7. The minimum absolute atomic E-state index is 0.0932. The van der Waals surface area contributed by atoms with Crippen molar-refractivity contribution in [3.8, 4) is 0 Å². The summed E-state index contributed by atoms with van der Waals surface area (Å²) in [7, 11) is 0. The summed E-state index contributed by atoms with van der Waals surface area (Å²) in [5.74, 6) is -0.961. The average molecular weight is 630 g/mol. The molecule has 2 aromatic heterocycles. The number of rotatable bonds is 6. The number of hydrogen-bond donors (Lipinski definition) is 0. The summed E-state index contributed by atoms with van der Waals surface area (Å²) in [6.45, 7) is 3.79. The van der Waals surface area contributed by atoms with Crippen molar-refractivity contribution in [2.24, 2.45) is 0 Å². The second-order valence-corrected chi connectivity index (χ2v) is 10.2. The Balaban J connectivity index is 1.37. The first-order chi connectivity index (χ1) is 17.8. The lowest BCUT2D eigenvalue weighted by atomic mass is 10.1. The van der Waals surface area contributed by atoms with Gasteiger partial charge in [-0.15, -0.1) is 0 Å². The Bertz CT molecular complexity index is 1460. The number of benzene rings is 2. The van der Waals surface area contributed by atoms with Gasteiger partial charge in [0.1, 0.15) is 35.2 Å². The predicted molar refractivity (Wildman–Crippen MR) is 141 cm³/mol. The number of ether oxygens (including phenoxy) is 3. The number of carbonyl (C=O) groups excluding carboxylic acids is 2. The highest BCUT2D eigenvalue weighted by molar-refractivity contribution is 9.11. The van der Waals surface area contributed by atoms with Gasteiger partial charge in [-0.05, 0) is 70.0 Å². The van der Waals surface area contributed by atoms with Gasteiger partial charge in [0.25, 0.3) is 0 Å². The van der Waals surface area contributed by atoms with E-state index < -0.39 is 30.4 Å². The number of aryl methyl sites for hydroxylation is 2. The van der Waals surface area contributed by atoms with Gasteiger partial charge in [0.05, 0.1) is 17.5 Å². The van der Waals surface area contributed by atoms with Crippen molar-refractivity contribution in [2.45, 2.75) is 38.7 Å². The number of esters is 2. The van der Waals surface area contributed by atoms with E-state index in [1.165, 1.54) is 0 Å². The van der Waals surface area contributed by atoms with Crippen LogP contribution in [0.15, 0.2) is 64.2 Å². The molecule has 0 saturated carbocycles. The molecule has 5 rings (SSSR count). The molecule has 1 aliphatic rings. The van der Waals surface area contributed by atoms with Crippen molar-refractivity contribution in [1.29, 1.82) is 0 Å². The predicted octanol–water partition coefficient (Wildman–Crippen LogP) is 5.34. The SMILES string of the molecule is Cc1ccc(C(=O)OC[C@H]2O[C@H](n3cnc4c(Br)nc(Br)nc43)C[C@@H]2OC(=O)c2ccc(C)cc2)cc1. The Morgan fingerprint density at radius 3 is 2.24 bits per heavy atom. The topological polar surface area (TPSA) is 105 Å². The maximum Gasteiger partial charge on any atom is 0.338 e. The van der Waals surface area contributed by atoms with Gasteiger partial charge in [-0.2, -0.15) is 0 Å². The van der Waals surface area contributed by atoms with Gasteiger partial charge in [0.15, 0.2) is 10.4 Å². The summed E-state index contributed by atoms with van der Waals surface area (Å²) in [5.41, 5.74) is 4.04. The first-order valence-corrected chi connectivity index (χ1v) is 13.1. The van der Waals surface area contributed by atoms with E-state index in [0.717, 1.165) is 11.1 Å². The molecule has 11 heteroatoms. The molecule has 1 aliphatic heterocycles. The summed E-state index contributed by atoms with van der Waals surface area (Å²) in [5, 5.41) is 0. The number of imidazole rings is 1. The number of nitrogens with zero attached hydrogens (tertiary/aromatic N) is 4. The van der Waals surface area contributed by atoms with Crippen molar-refractivity contribution in [3.05, 3.63) is 86.4 Å². The van der Waals surface area contributed by atoms with Crippen LogP contribution in [-0.2, 0) is 14.2 Å². The average Bonchev–Trinajstić information content (AvgIpc) is 3.47. The van der Waals surface area contributed by atoms with Gasteiger partial charge >= 0.3 is 11.9 Å². The maximum absolute atomic E-state index is 12.9. The first kappa shape index (κ1) is 25.5. The molecule has 4 aromatic rings. The van der Waals surface area contributed by atoms with Gasteiger partial charge < -0.3 is 14.2 Å². The third-order valence-electron chi connectivity index (χ3n) is 6.05. The molecule has 2 aromatic carbocycles. The number of hydrogen-bond acceptors (Lipinski definition) is 8. The molecular formula is C26H22Br2N4O5.